The maximum Gasteiger partial charge on any atom is 0.306 e. The lowest BCUT2D eigenvalue weighted by molar-refractivity contribution is -0.149. The summed E-state index contributed by atoms with van der Waals surface area (Å²) in [6, 6.07) is 6.64. The molecule has 1 unspecified atom stereocenters. The maximum atomic E-state index is 12.9. The molecule has 116 valence electrons. The van der Waals surface area contributed by atoms with Gasteiger partial charge in [-0.15, -0.1) is 0 Å². The van der Waals surface area contributed by atoms with Gasteiger partial charge in [0.05, 0.1) is 6.10 Å². The van der Waals surface area contributed by atoms with Crippen molar-refractivity contribution in [1.29, 1.82) is 0 Å². The molecule has 21 heavy (non-hydrogen) atoms. The molecule has 1 heterocycles. The predicted octanol–water partition coefficient (Wildman–Crippen LogP) is 3.38. The van der Waals surface area contributed by atoms with Gasteiger partial charge in [-0.1, -0.05) is 12.1 Å². The van der Waals surface area contributed by atoms with Gasteiger partial charge in [-0.2, -0.15) is 0 Å². The molecule has 0 aromatic heterocycles. The number of carbonyl (C=O) groups excluding carboxylic acids is 1. The third-order valence-electron chi connectivity index (χ3n) is 3.75. The van der Waals surface area contributed by atoms with Crippen molar-refractivity contribution in [2.75, 3.05) is 13.1 Å². The van der Waals surface area contributed by atoms with Crippen LogP contribution in [0.5, 0.6) is 0 Å². The molecule has 1 aliphatic heterocycles. The first-order valence-corrected chi connectivity index (χ1v) is 7.69. The normalized spacial score (nSPS) is 19.7. The zero-order valence-corrected chi connectivity index (χ0v) is 12.8. The standard InChI is InChI=1S/C17H24FNO2/c1-13(2)21-17(20)10-15-4-3-9-19(12-15)11-14-5-7-16(18)8-6-14/h5-8,13,15H,3-4,9-12H2,1-2H3. The lowest BCUT2D eigenvalue weighted by Crippen LogP contribution is -2.36. The lowest BCUT2D eigenvalue weighted by Gasteiger charge is -2.32. The van der Waals surface area contributed by atoms with E-state index in [9.17, 15) is 9.18 Å². The summed E-state index contributed by atoms with van der Waals surface area (Å²) in [5, 5.41) is 0. The Kier molecular flexibility index (Phi) is 5.74. The molecule has 0 saturated carbocycles. The Labute approximate surface area is 126 Å². The Hall–Kier alpha value is -1.42. The number of hydrogen-bond acceptors (Lipinski definition) is 3. The molecule has 1 saturated heterocycles. The molecule has 0 aliphatic carbocycles. The van der Waals surface area contributed by atoms with Gasteiger partial charge >= 0.3 is 5.97 Å². The molecule has 0 amide bonds. The minimum Gasteiger partial charge on any atom is -0.463 e. The topological polar surface area (TPSA) is 29.5 Å². The van der Waals surface area contributed by atoms with Gasteiger partial charge in [0.25, 0.3) is 0 Å². The van der Waals surface area contributed by atoms with Gasteiger partial charge in [0, 0.05) is 19.5 Å². The van der Waals surface area contributed by atoms with Crippen molar-refractivity contribution in [2.24, 2.45) is 5.92 Å². The molecule has 1 aromatic carbocycles. The van der Waals surface area contributed by atoms with Gasteiger partial charge in [-0.3, -0.25) is 9.69 Å². The number of piperidine rings is 1. The number of halogens is 1. The lowest BCUT2D eigenvalue weighted by atomic mass is 9.94. The number of carbonyl (C=O) groups is 1. The highest BCUT2D eigenvalue weighted by atomic mass is 19.1. The summed E-state index contributed by atoms with van der Waals surface area (Å²) in [6.07, 6.45) is 2.63. The van der Waals surface area contributed by atoms with Crippen molar-refractivity contribution in [2.45, 2.75) is 45.8 Å². The zero-order chi connectivity index (χ0) is 15.2. The van der Waals surface area contributed by atoms with Crippen LogP contribution in [0.4, 0.5) is 4.39 Å². The third-order valence-corrected chi connectivity index (χ3v) is 3.75. The van der Waals surface area contributed by atoms with Crippen molar-refractivity contribution >= 4 is 5.97 Å². The molecule has 2 rings (SSSR count). The van der Waals surface area contributed by atoms with Gasteiger partial charge in [-0.05, 0) is 56.8 Å². The van der Waals surface area contributed by atoms with Crippen LogP contribution in [-0.4, -0.2) is 30.1 Å². The Balaban J connectivity index is 1.83. The number of esters is 1. The SMILES string of the molecule is CC(C)OC(=O)CC1CCCN(Cc2ccc(F)cc2)C1. The van der Waals surface area contributed by atoms with Gasteiger partial charge in [0.1, 0.15) is 5.82 Å². The van der Waals surface area contributed by atoms with E-state index in [2.05, 4.69) is 4.90 Å². The van der Waals surface area contributed by atoms with Crippen LogP contribution in [0.15, 0.2) is 24.3 Å². The Morgan fingerprint density at radius 3 is 2.76 bits per heavy atom. The number of ether oxygens (including phenoxy) is 1. The van der Waals surface area contributed by atoms with E-state index < -0.39 is 0 Å². The predicted molar refractivity (Wildman–Crippen MR) is 80.2 cm³/mol. The fraction of sp³-hybridized carbons (Fsp3) is 0.588. The highest BCUT2D eigenvalue weighted by molar-refractivity contribution is 5.69. The molecule has 0 bridgehead atoms. The van der Waals surface area contributed by atoms with Crippen LogP contribution in [0.1, 0.15) is 38.7 Å². The van der Waals surface area contributed by atoms with E-state index in [1.54, 1.807) is 0 Å². The quantitative estimate of drug-likeness (QED) is 0.779. The van der Waals surface area contributed by atoms with E-state index in [0.717, 1.165) is 38.0 Å². The van der Waals surface area contributed by atoms with E-state index in [1.807, 2.05) is 26.0 Å². The first-order valence-electron chi connectivity index (χ1n) is 7.69. The summed E-state index contributed by atoms with van der Waals surface area (Å²) < 4.78 is 18.1. The van der Waals surface area contributed by atoms with Gasteiger partial charge in [0.15, 0.2) is 0 Å². The Morgan fingerprint density at radius 2 is 2.10 bits per heavy atom. The molecule has 1 atom stereocenters. The van der Waals surface area contributed by atoms with Crippen molar-refractivity contribution < 1.29 is 13.9 Å². The van der Waals surface area contributed by atoms with E-state index in [0.29, 0.717) is 12.3 Å². The third kappa shape index (κ3) is 5.46. The number of likely N-dealkylation sites (tertiary alicyclic amines) is 1. The maximum absolute atomic E-state index is 12.9. The minimum absolute atomic E-state index is 0.0450. The molecule has 0 N–H and O–H groups in total. The summed E-state index contributed by atoms with van der Waals surface area (Å²) >= 11 is 0. The number of hydrogen-bond donors (Lipinski definition) is 0. The Bertz CT molecular complexity index is 458. The molecule has 3 nitrogen and oxygen atoms in total. The van der Waals surface area contributed by atoms with Crippen molar-refractivity contribution in [3.05, 3.63) is 35.6 Å². The van der Waals surface area contributed by atoms with Crippen LogP contribution in [0.3, 0.4) is 0 Å². The fourth-order valence-electron chi connectivity index (χ4n) is 2.86. The minimum atomic E-state index is -0.202. The van der Waals surface area contributed by atoms with Crippen LogP contribution in [0.2, 0.25) is 0 Å². The first kappa shape index (κ1) is 16.0. The summed E-state index contributed by atoms with van der Waals surface area (Å²) in [6.45, 7) is 6.51. The Morgan fingerprint density at radius 1 is 1.38 bits per heavy atom. The average Bonchev–Trinajstić information content (AvgIpc) is 2.41. The van der Waals surface area contributed by atoms with Crippen LogP contribution >= 0.6 is 0 Å². The summed E-state index contributed by atoms with van der Waals surface area (Å²) in [4.78, 5) is 14.1. The van der Waals surface area contributed by atoms with Gasteiger partial charge in [0.2, 0.25) is 0 Å². The highest BCUT2D eigenvalue weighted by Gasteiger charge is 2.23. The molecule has 1 fully saturated rings. The van der Waals surface area contributed by atoms with Gasteiger partial charge < -0.3 is 4.74 Å². The van der Waals surface area contributed by atoms with E-state index in [-0.39, 0.29) is 17.9 Å². The van der Waals surface area contributed by atoms with Crippen molar-refractivity contribution in [3.8, 4) is 0 Å². The second-order valence-corrected chi connectivity index (χ2v) is 6.11. The van der Waals surface area contributed by atoms with Crippen LogP contribution < -0.4 is 0 Å². The number of benzene rings is 1. The highest BCUT2D eigenvalue weighted by Crippen LogP contribution is 2.22. The molecule has 1 aliphatic rings. The van der Waals surface area contributed by atoms with E-state index in [1.165, 1.54) is 12.1 Å². The first-order chi connectivity index (χ1) is 10.0. The molecule has 1 aromatic rings. The van der Waals surface area contributed by atoms with Gasteiger partial charge in [-0.25, -0.2) is 4.39 Å². The smallest absolute Gasteiger partial charge is 0.306 e. The summed E-state index contributed by atoms with van der Waals surface area (Å²) in [5.41, 5.74) is 1.11. The van der Waals surface area contributed by atoms with Crippen LogP contribution in [0.25, 0.3) is 0 Å². The van der Waals surface area contributed by atoms with Crippen LogP contribution in [-0.2, 0) is 16.1 Å². The molecule has 0 radical (unpaired) electrons. The number of rotatable bonds is 5. The second kappa shape index (κ2) is 7.55. The molecular weight excluding hydrogens is 269 g/mol. The monoisotopic (exact) mass is 293 g/mol. The fourth-order valence-corrected chi connectivity index (χ4v) is 2.86. The largest absolute Gasteiger partial charge is 0.463 e. The van der Waals surface area contributed by atoms with Crippen LogP contribution in [0, 0.1) is 11.7 Å². The van der Waals surface area contributed by atoms with Crippen molar-refractivity contribution in [3.63, 3.8) is 0 Å². The molecular formula is C17H24FNO2. The van der Waals surface area contributed by atoms with Crippen molar-refractivity contribution in [1.82, 2.24) is 4.90 Å². The average molecular weight is 293 g/mol. The summed E-state index contributed by atoms with van der Waals surface area (Å²) in [7, 11) is 0. The molecule has 0 spiro atoms. The second-order valence-electron chi connectivity index (χ2n) is 6.11. The van der Waals surface area contributed by atoms with E-state index >= 15 is 0 Å². The van der Waals surface area contributed by atoms with E-state index in [4.69, 9.17) is 4.74 Å². The molecule has 4 heteroatoms. The summed E-state index contributed by atoms with van der Waals surface area (Å²) in [5.74, 6) is 0.0655. The number of nitrogens with zero attached hydrogens (tertiary/aromatic N) is 1. The zero-order valence-electron chi connectivity index (χ0n) is 12.8.